The quantitative estimate of drug-likeness (QED) is 0.308. The molecule has 0 amide bonds. The van der Waals surface area contributed by atoms with Gasteiger partial charge in [-0.3, -0.25) is 0 Å². The first kappa shape index (κ1) is 19.0. The molecule has 1 unspecified atom stereocenters. The van der Waals surface area contributed by atoms with Crippen LogP contribution in [0.4, 0.5) is 0 Å². The Labute approximate surface area is 122 Å². The summed E-state index contributed by atoms with van der Waals surface area (Å²) < 4.78 is 6.00. The summed E-state index contributed by atoms with van der Waals surface area (Å²) in [6.45, 7) is 7.80. The molecule has 19 heavy (non-hydrogen) atoms. The van der Waals surface area contributed by atoms with Gasteiger partial charge in [0.2, 0.25) is 0 Å². The lowest BCUT2D eigenvalue weighted by molar-refractivity contribution is 0.0406. The summed E-state index contributed by atoms with van der Waals surface area (Å²) in [5.41, 5.74) is 0. The third kappa shape index (κ3) is 14.2. The van der Waals surface area contributed by atoms with Gasteiger partial charge in [-0.15, -0.1) is 0 Å². The minimum absolute atomic E-state index is 0.525. The molecule has 0 aromatic rings. The minimum Gasteiger partial charge on any atom is -0.378 e. The average molecular weight is 271 g/mol. The van der Waals surface area contributed by atoms with E-state index in [1.807, 2.05) is 0 Å². The largest absolute Gasteiger partial charge is 0.378 e. The molecule has 1 atom stereocenters. The number of hydrogen-bond acceptors (Lipinski definition) is 1. The van der Waals surface area contributed by atoms with Gasteiger partial charge in [-0.05, 0) is 19.3 Å². The van der Waals surface area contributed by atoms with Gasteiger partial charge in [-0.1, -0.05) is 85.0 Å². The molecule has 0 aliphatic carbocycles. The van der Waals surface area contributed by atoms with E-state index in [0.29, 0.717) is 6.10 Å². The summed E-state index contributed by atoms with van der Waals surface area (Å²) in [7, 11) is 0. The molecule has 0 rings (SSSR count). The standard InChI is InChI=1S/C18H38O/c1-4-7-9-11-13-15-17-19-18(6-3)16-14-12-10-8-5-2/h18H,4-17H2,1-3H3. The van der Waals surface area contributed by atoms with Crippen LogP contribution in [0.5, 0.6) is 0 Å². The molecule has 0 aromatic carbocycles. The van der Waals surface area contributed by atoms with E-state index >= 15 is 0 Å². The van der Waals surface area contributed by atoms with Gasteiger partial charge in [-0.25, -0.2) is 0 Å². The van der Waals surface area contributed by atoms with Crippen LogP contribution in [0.25, 0.3) is 0 Å². The van der Waals surface area contributed by atoms with Gasteiger partial charge in [-0.2, -0.15) is 0 Å². The van der Waals surface area contributed by atoms with Crippen molar-refractivity contribution in [1.29, 1.82) is 0 Å². The van der Waals surface area contributed by atoms with Gasteiger partial charge >= 0.3 is 0 Å². The monoisotopic (exact) mass is 270 g/mol. The van der Waals surface area contributed by atoms with Crippen LogP contribution in [0.1, 0.15) is 104 Å². The third-order valence-corrected chi connectivity index (χ3v) is 3.94. The second kappa shape index (κ2) is 16.0. The fourth-order valence-electron chi connectivity index (χ4n) is 2.51. The van der Waals surface area contributed by atoms with Crippen molar-refractivity contribution in [3.05, 3.63) is 0 Å². The van der Waals surface area contributed by atoms with Crippen LogP contribution in [0, 0.1) is 0 Å². The molecular weight excluding hydrogens is 232 g/mol. The maximum atomic E-state index is 6.00. The van der Waals surface area contributed by atoms with Gasteiger partial charge < -0.3 is 4.74 Å². The SMILES string of the molecule is CCCCCCCCOC(CC)CCCCCCC. The van der Waals surface area contributed by atoms with Crippen LogP contribution in [0.2, 0.25) is 0 Å². The van der Waals surface area contributed by atoms with Crippen LogP contribution in [-0.2, 0) is 4.74 Å². The first-order valence-corrected chi connectivity index (χ1v) is 8.96. The molecule has 0 fully saturated rings. The second-order valence-electron chi connectivity index (χ2n) is 5.87. The zero-order valence-corrected chi connectivity index (χ0v) is 13.9. The predicted molar refractivity (Wildman–Crippen MR) is 86.8 cm³/mol. The first-order chi connectivity index (χ1) is 9.35. The maximum absolute atomic E-state index is 6.00. The van der Waals surface area contributed by atoms with Gasteiger partial charge in [0.1, 0.15) is 0 Å². The zero-order chi connectivity index (χ0) is 14.2. The lowest BCUT2D eigenvalue weighted by atomic mass is 10.1. The van der Waals surface area contributed by atoms with Crippen molar-refractivity contribution < 1.29 is 4.74 Å². The van der Waals surface area contributed by atoms with E-state index in [0.717, 1.165) is 6.61 Å². The van der Waals surface area contributed by atoms with E-state index in [9.17, 15) is 0 Å². The molecule has 0 N–H and O–H groups in total. The lowest BCUT2D eigenvalue weighted by Crippen LogP contribution is -2.12. The molecule has 0 saturated heterocycles. The highest BCUT2D eigenvalue weighted by atomic mass is 16.5. The average Bonchev–Trinajstić information content (AvgIpc) is 2.44. The third-order valence-electron chi connectivity index (χ3n) is 3.94. The topological polar surface area (TPSA) is 9.23 Å². The molecule has 0 heterocycles. The van der Waals surface area contributed by atoms with Gasteiger partial charge in [0.25, 0.3) is 0 Å². The van der Waals surface area contributed by atoms with E-state index in [2.05, 4.69) is 20.8 Å². The van der Waals surface area contributed by atoms with Crippen molar-refractivity contribution in [2.75, 3.05) is 6.61 Å². The summed E-state index contributed by atoms with van der Waals surface area (Å²) in [5.74, 6) is 0. The first-order valence-electron chi connectivity index (χ1n) is 8.96. The highest BCUT2D eigenvalue weighted by Gasteiger charge is 2.05. The summed E-state index contributed by atoms with van der Waals surface area (Å²) >= 11 is 0. The van der Waals surface area contributed by atoms with E-state index in [4.69, 9.17) is 4.74 Å². The van der Waals surface area contributed by atoms with Crippen LogP contribution in [0.3, 0.4) is 0 Å². The fraction of sp³-hybridized carbons (Fsp3) is 1.00. The molecule has 0 aromatic heterocycles. The van der Waals surface area contributed by atoms with Gasteiger partial charge in [0.15, 0.2) is 0 Å². The lowest BCUT2D eigenvalue weighted by Gasteiger charge is -2.16. The smallest absolute Gasteiger partial charge is 0.0572 e. The van der Waals surface area contributed by atoms with E-state index in [-0.39, 0.29) is 0 Å². The van der Waals surface area contributed by atoms with E-state index in [1.165, 1.54) is 83.5 Å². The Morgan fingerprint density at radius 1 is 0.632 bits per heavy atom. The van der Waals surface area contributed by atoms with Crippen molar-refractivity contribution in [2.24, 2.45) is 0 Å². The van der Waals surface area contributed by atoms with Crippen LogP contribution in [0.15, 0.2) is 0 Å². The summed E-state index contributed by atoms with van der Waals surface area (Å²) in [6.07, 6.45) is 18.0. The highest BCUT2D eigenvalue weighted by molar-refractivity contribution is 4.56. The van der Waals surface area contributed by atoms with Crippen molar-refractivity contribution in [1.82, 2.24) is 0 Å². The molecule has 0 spiro atoms. The molecule has 0 radical (unpaired) electrons. The molecule has 0 saturated carbocycles. The summed E-state index contributed by atoms with van der Waals surface area (Å²) in [4.78, 5) is 0. The van der Waals surface area contributed by atoms with Crippen molar-refractivity contribution >= 4 is 0 Å². The Bertz CT molecular complexity index is 156. The van der Waals surface area contributed by atoms with Gasteiger partial charge in [0, 0.05) is 6.61 Å². The molecule has 1 nitrogen and oxygen atoms in total. The normalized spacial score (nSPS) is 12.8. The van der Waals surface area contributed by atoms with Crippen LogP contribution >= 0.6 is 0 Å². The Balaban J connectivity index is 3.29. The Morgan fingerprint density at radius 3 is 1.74 bits per heavy atom. The number of rotatable bonds is 15. The highest BCUT2D eigenvalue weighted by Crippen LogP contribution is 2.13. The van der Waals surface area contributed by atoms with E-state index in [1.54, 1.807) is 0 Å². The summed E-state index contributed by atoms with van der Waals surface area (Å²) in [5, 5.41) is 0. The van der Waals surface area contributed by atoms with E-state index < -0.39 is 0 Å². The van der Waals surface area contributed by atoms with Crippen LogP contribution in [-0.4, -0.2) is 12.7 Å². The van der Waals surface area contributed by atoms with Crippen molar-refractivity contribution in [2.45, 2.75) is 110 Å². The zero-order valence-electron chi connectivity index (χ0n) is 13.9. The Morgan fingerprint density at radius 2 is 1.16 bits per heavy atom. The molecule has 116 valence electrons. The maximum Gasteiger partial charge on any atom is 0.0572 e. The molecule has 0 aliphatic heterocycles. The van der Waals surface area contributed by atoms with Gasteiger partial charge in [0.05, 0.1) is 6.10 Å². The second-order valence-corrected chi connectivity index (χ2v) is 5.87. The molecule has 0 aliphatic rings. The molecular formula is C18H38O. The summed E-state index contributed by atoms with van der Waals surface area (Å²) in [6, 6.07) is 0. The minimum atomic E-state index is 0.525. The Kier molecular flexibility index (Phi) is 16.0. The Hall–Kier alpha value is -0.0400. The number of unbranched alkanes of at least 4 members (excludes halogenated alkanes) is 9. The molecule has 1 heteroatoms. The van der Waals surface area contributed by atoms with Crippen molar-refractivity contribution in [3.63, 3.8) is 0 Å². The number of ether oxygens (including phenoxy) is 1. The van der Waals surface area contributed by atoms with Crippen molar-refractivity contribution in [3.8, 4) is 0 Å². The molecule has 0 bridgehead atoms. The number of hydrogen-bond donors (Lipinski definition) is 0. The predicted octanol–water partition coefficient (Wildman–Crippen LogP) is 6.50. The fourth-order valence-corrected chi connectivity index (χ4v) is 2.51. The van der Waals surface area contributed by atoms with Crippen LogP contribution < -0.4 is 0 Å².